The Morgan fingerprint density at radius 3 is 2.50 bits per heavy atom. The van der Waals surface area contributed by atoms with Gasteiger partial charge in [-0.1, -0.05) is 0 Å². The number of halogens is 3. The molecule has 92 valence electrons. The Morgan fingerprint density at radius 2 is 2.00 bits per heavy atom. The third kappa shape index (κ3) is 3.50. The van der Waals surface area contributed by atoms with Gasteiger partial charge in [0.1, 0.15) is 5.78 Å². The molecule has 0 saturated carbocycles. The van der Waals surface area contributed by atoms with Gasteiger partial charge in [-0.15, -0.1) is 0 Å². The van der Waals surface area contributed by atoms with Gasteiger partial charge >= 0.3 is 6.18 Å². The molecule has 3 nitrogen and oxygen atoms in total. The highest BCUT2D eigenvalue weighted by Gasteiger charge is 2.42. The lowest BCUT2D eigenvalue weighted by atomic mass is 9.97. The van der Waals surface area contributed by atoms with Crippen LogP contribution in [0, 0.1) is 5.92 Å². The van der Waals surface area contributed by atoms with E-state index < -0.39 is 18.0 Å². The molecular weight excluding hydrogens is 223 g/mol. The van der Waals surface area contributed by atoms with Gasteiger partial charge in [0.15, 0.2) is 0 Å². The maximum Gasteiger partial charge on any atom is 0.393 e. The molecule has 1 aliphatic rings. The number of rotatable bonds is 2. The number of likely N-dealkylation sites (tertiary alicyclic amines) is 1. The van der Waals surface area contributed by atoms with E-state index >= 15 is 0 Å². The fourth-order valence-corrected chi connectivity index (χ4v) is 1.80. The van der Waals surface area contributed by atoms with Gasteiger partial charge < -0.3 is 4.90 Å². The molecule has 0 aliphatic carbocycles. The monoisotopic (exact) mass is 237 g/mol. The van der Waals surface area contributed by atoms with E-state index in [1.807, 2.05) is 0 Å². The van der Waals surface area contributed by atoms with E-state index in [4.69, 9.17) is 0 Å². The largest absolute Gasteiger partial charge is 0.393 e. The summed E-state index contributed by atoms with van der Waals surface area (Å²) in [5.41, 5.74) is 0. The summed E-state index contributed by atoms with van der Waals surface area (Å²) in [4.78, 5) is 23.3. The van der Waals surface area contributed by atoms with Crippen LogP contribution in [0.3, 0.4) is 0 Å². The second-order valence-corrected chi connectivity index (χ2v) is 4.10. The molecule has 0 aromatic rings. The third-order valence-corrected chi connectivity index (χ3v) is 2.64. The van der Waals surface area contributed by atoms with E-state index in [1.165, 1.54) is 6.92 Å². The highest BCUT2D eigenvalue weighted by Crippen LogP contribution is 2.33. The van der Waals surface area contributed by atoms with Gasteiger partial charge in [-0.2, -0.15) is 13.2 Å². The molecule has 1 saturated heterocycles. The Labute approximate surface area is 91.6 Å². The Morgan fingerprint density at radius 1 is 1.38 bits per heavy atom. The first-order valence-corrected chi connectivity index (χ1v) is 5.14. The fraction of sp³-hybridized carbons (Fsp3) is 0.800. The van der Waals surface area contributed by atoms with Crippen LogP contribution >= 0.6 is 0 Å². The first-order chi connectivity index (χ1) is 7.30. The Hall–Kier alpha value is -1.07. The van der Waals surface area contributed by atoms with E-state index in [2.05, 4.69) is 0 Å². The van der Waals surface area contributed by atoms with Crippen LogP contribution in [0.25, 0.3) is 0 Å². The highest BCUT2D eigenvalue weighted by molar-refractivity contribution is 5.96. The highest BCUT2D eigenvalue weighted by atomic mass is 19.4. The van der Waals surface area contributed by atoms with Gasteiger partial charge in [0, 0.05) is 13.1 Å². The summed E-state index contributed by atoms with van der Waals surface area (Å²) in [6, 6.07) is 0. The molecule has 1 fully saturated rings. The van der Waals surface area contributed by atoms with E-state index in [1.54, 1.807) is 0 Å². The average Bonchev–Trinajstić information content (AvgIpc) is 2.15. The molecule has 0 N–H and O–H groups in total. The van der Waals surface area contributed by atoms with Crippen molar-refractivity contribution in [1.82, 2.24) is 4.90 Å². The summed E-state index contributed by atoms with van der Waals surface area (Å²) >= 11 is 0. The standard InChI is InChI=1S/C10H14F3NO2/c1-7(15)5-9(16)14-4-2-3-8(6-14)10(11,12)13/h8H,2-6H2,1H3. The third-order valence-electron chi connectivity index (χ3n) is 2.64. The summed E-state index contributed by atoms with van der Waals surface area (Å²) in [6.45, 7) is 1.26. The van der Waals surface area contributed by atoms with Crippen molar-refractivity contribution in [2.45, 2.75) is 32.4 Å². The number of nitrogens with zero attached hydrogens (tertiary/aromatic N) is 1. The molecule has 1 atom stereocenters. The predicted octanol–water partition coefficient (Wildman–Crippen LogP) is 1.77. The number of carbonyl (C=O) groups is 2. The number of ketones is 1. The number of alkyl halides is 3. The summed E-state index contributed by atoms with van der Waals surface area (Å²) in [7, 11) is 0. The minimum absolute atomic E-state index is 0.0628. The van der Waals surface area contributed by atoms with Crippen LogP contribution in [0.15, 0.2) is 0 Å². The van der Waals surface area contributed by atoms with E-state index in [0.717, 1.165) is 4.90 Å². The van der Waals surface area contributed by atoms with E-state index in [-0.39, 0.29) is 25.2 Å². The summed E-state index contributed by atoms with van der Waals surface area (Å²) in [5.74, 6) is -2.27. The maximum atomic E-state index is 12.4. The zero-order chi connectivity index (χ0) is 12.3. The Balaban J connectivity index is 2.57. The molecule has 0 bridgehead atoms. The molecule has 6 heteroatoms. The zero-order valence-corrected chi connectivity index (χ0v) is 9.01. The van der Waals surface area contributed by atoms with Gasteiger partial charge in [-0.05, 0) is 19.8 Å². The first kappa shape index (κ1) is 13.0. The predicted molar refractivity (Wildman–Crippen MR) is 50.7 cm³/mol. The Bertz CT molecular complexity index is 288. The first-order valence-electron chi connectivity index (χ1n) is 5.14. The second-order valence-electron chi connectivity index (χ2n) is 4.10. The minimum Gasteiger partial charge on any atom is -0.342 e. The van der Waals surface area contributed by atoms with Crippen molar-refractivity contribution in [3.05, 3.63) is 0 Å². The van der Waals surface area contributed by atoms with Crippen LogP contribution in [0.1, 0.15) is 26.2 Å². The van der Waals surface area contributed by atoms with Gasteiger partial charge in [0.05, 0.1) is 12.3 Å². The van der Waals surface area contributed by atoms with Crippen LogP contribution < -0.4 is 0 Å². The van der Waals surface area contributed by atoms with Gasteiger partial charge in [-0.25, -0.2) is 0 Å². The van der Waals surface area contributed by atoms with Gasteiger partial charge in [0.2, 0.25) is 5.91 Å². The normalized spacial score (nSPS) is 22.0. The molecule has 16 heavy (non-hydrogen) atoms. The van der Waals surface area contributed by atoms with E-state index in [0.29, 0.717) is 13.0 Å². The van der Waals surface area contributed by atoms with E-state index in [9.17, 15) is 22.8 Å². The van der Waals surface area contributed by atoms with Gasteiger partial charge in [-0.3, -0.25) is 9.59 Å². The molecule has 1 aliphatic heterocycles. The molecule has 0 radical (unpaired) electrons. The molecule has 0 aromatic carbocycles. The smallest absolute Gasteiger partial charge is 0.342 e. The second kappa shape index (κ2) is 4.84. The van der Waals surface area contributed by atoms with Crippen LogP contribution in [0.2, 0.25) is 0 Å². The van der Waals surface area contributed by atoms with Crippen molar-refractivity contribution in [3.63, 3.8) is 0 Å². The zero-order valence-electron chi connectivity index (χ0n) is 9.01. The number of piperidine rings is 1. The van der Waals surface area contributed by atoms with Crippen molar-refractivity contribution in [2.24, 2.45) is 5.92 Å². The number of hydrogen-bond acceptors (Lipinski definition) is 2. The number of hydrogen-bond donors (Lipinski definition) is 0. The molecule has 1 heterocycles. The molecule has 1 unspecified atom stereocenters. The number of amides is 1. The van der Waals surface area contributed by atoms with Crippen molar-refractivity contribution in [2.75, 3.05) is 13.1 Å². The summed E-state index contributed by atoms with van der Waals surface area (Å²) in [6.07, 6.45) is -4.15. The van der Waals surface area contributed by atoms with Crippen molar-refractivity contribution in [1.29, 1.82) is 0 Å². The molecule has 0 spiro atoms. The van der Waals surface area contributed by atoms with Crippen LogP contribution in [-0.2, 0) is 9.59 Å². The van der Waals surface area contributed by atoms with Crippen molar-refractivity contribution in [3.8, 4) is 0 Å². The SMILES string of the molecule is CC(=O)CC(=O)N1CCCC(C(F)(F)F)C1. The van der Waals surface area contributed by atoms with Crippen molar-refractivity contribution < 1.29 is 22.8 Å². The lowest BCUT2D eigenvalue weighted by Crippen LogP contribution is -2.44. The molecule has 1 amide bonds. The van der Waals surface area contributed by atoms with Gasteiger partial charge in [0.25, 0.3) is 0 Å². The van der Waals surface area contributed by atoms with Crippen LogP contribution in [0.4, 0.5) is 13.2 Å². The Kier molecular flexibility index (Phi) is 3.93. The van der Waals surface area contributed by atoms with Crippen LogP contribution in [0.5, 0.6) is 0 Å². The minimum atomic E-state index is -4.25. The fourth-order valence-electron chi connectivity index (χ4n) is 1.80. The quantitative estimate of drug-likeness (QED) is 0.686. The van der Waals surface area contributed by atoms with Crippen LogP contribution in [-0.4, -0.2) is 35.9 Å². The number of Topliss-reactive ketones (excluding diaryl/α,β-unsaturated/α-hetero) is 1. The maximum absolute atomic E-state index is 12.4. The summed E-state index contributed by atoms with van der Waals surface area (Å²) in [5, 5.41) is 0. The molecular formula is C10H14F3NO2. The number of carbonyl (C=O) groups excluding carboxylic acids is 2. The topological polar surface area (TPSA) is 37.4 Å². The molecule has 1 rings (SSSR count). The average molecular weight is 237 g/mol. The lowest BCUT2D eigenvalue weighted by molar-refractivity contribution is -0.188. The summed E-state index contributed by atoms with van der Waals surface area (Å²) < 4.78 is 37.3. The molecule has 0 aromatic heterocycles. The lowest BCUT2D eigenvalue weighted by Gasteiger charge is -2.33. The van der Waals surface area contributed by atoms with Crippen molar-refractivity contribution >= 4 is 11.7 Å².